The molecule has 0 saturated heterocycles. The summed E-state index contributed by atoms with van der Waals surface area (Å²) in [4.78, 5) is 10.9. The molecule has 2 aromatic rings. The highest BCUT2D eigenvalue weighted by Crippen LogP contribution is 2.26. The highest BCUT2D eigenvalue weighted by Gasteiger charge is 2.18. The molecule has 0 bridgehead atoms. The number of benzene rings is 1. The highest BCUT2D eigenvalue weighted by atomic mass is 79.9. The molecule has 1 aromatic heterocycles. The maximum Gasteiger partial charge on any atom is 0.264 e. The summed E-state index contributed by atoms with van der Waals surface area (Å²) in [6.07, 6.45) is 0. The van der Waals surface area contributed by atoms with E-state index in [9.17, 15) is 13.2 Å². The van der Waals surface area contributed by atoms with Gasteiger partial charge in [-0.05, 0) is 40.2 Å². The second kappa shape index (κ2) is 5.43. The summed E-state index contributed by atoms with van der Waals surface area (Å²) in [6, 6.07) is 7.24. The molecular formula is C10H7Br2N3O3S. The van der Waals surface area contributed by atoms with E-state index in [4.69, 9.17) is 0 Å². The minimum atomic E-state index is -3.79. The zero-order valence-corrected chi connectivity index (χ0v) is 13.2. The number of hydrogen-bond acceptors (Lipinski definition) is 4. The fourth-order valence-corrected chi connectivity index (χ4v) is 3.78. The number of aromatic nitrogens is 2. The molecular weight excluding hydrogens is 402 g/mol. The van der Waals surface area contributed by atoms with Gasteiger partial charge < -0.3 is 0 Å². The number of hydrogen-bond donors (Lipinski definition) is 2. The second-order valence-electron chi connectivity index (χ2n) is 3.49. The largest absolute Gasteiger partial charge is 0.268 e. The molecule has 0 amide bonds. The van der Waals surface area contributed by atoms with Crippen molar-refractivity contribution in [3.63, 3.8) is 0 Å². The predicted octanol–water partition coefficient (Wildman–Crippen LogP) is 2.10. The van der Waals surface area contributed by atoms with E-state index in [1.165, 1.54) is 18.2 Å². The molecule has 0 aliphatic carbocycles. The third kappa shape index (κ3) is 3.43. The van der Waals surface area contributed by atoms with Gasteiger partial charge in [-0.25, -0.2) is 13.5 Å². The normalized spacial score (nSPS) is 11.3. The van der Waals surface area contributed by atoms with Crippen LogP contribution in [-0.2, 0) is 10.0 Å². The number of nitrogens with one attached hydrogen (secondary N) is 2. The van der Waals surface area contributed by atoms with Gasteiger partial charge in [0.1, 0.15) is 4.90 Å². The van der Waals surface area contributed by atoms with Gasteiger partial charge in [0.25, 0.3) is 15.6 Å². The van der Waals surface area contributed by atoms with Crippen LogP contribution < -0.4 is 10.3 Å². The van der Waals surface area contributed by atoms with E-state index in [2.05, 4.69) is 46.8 Å². The Hall–Kier alpha value is -1.19. The average molecular weight is 409 g/mol. The van der Waals surface area contributed by atoms with E-state index < -0.39 is 15.6 Å². The van der Waals surface area contributed by atoms with E-state index in [0.717, 1.165) is 0 Å². The van der Waals surface area contributed by atoms with Crippen molar-refractivity contribution in [2.75, 3.05) is 4.72 Å². The number of sulfonamides is 1. The molecule has 0 fully saturated rings. The molecule has 1 heterocycles. The smallest absolute Gasteiger partial charge is 0.264 e. The van der Waals surface area contributed by atoms with Gasteiger partial charge in [0.2, 0.25) is 0 Å². The van der Waals surface area contributed by atoms with Gasteiger partial charge in [0.15, 0.2) is 5.82 Å². The van der Waals surface area contributed by atoms with Crippen molar-refractivity contribution in [2.45, 2.75) is 4.90 Å². The summed E-state index contributed by atoms with van der Waals surface area (Å²) in [5.74, 6) is 0.0338. The van der Waals surface area contributed by atoms with Gasteiger partial charge in [0, 0.05) is 15.0 Å². The standard InChI is InChI=1S/C10H7Br2N3O3S/c11-6-1-2-7(12)8(5-6)19(17,18)15-9-3-4-10(16)14-13-9/h1-5H,(H,13,15)(H,14,16). The Morgan fingerprint density at radius 3 is 2.53 bits per heavy atom. The number of anilines is 1. The van der Waals surface area contributed by atoms with Gasteiger partial charge in [-0.15, -0.1) is 0 Å². The van der Waals surface area contributed by atoms with Crippen molar-refractivity contribution < 1.29 is 8.42 Å². The Bertz CT molecular complexity index is 753. The quantitative estimate of drug-likeness (QED) is 0.813. The lowest BCUT2D eigenvalue weighted by Crippen LogP contribution is -2.16. The molecule has 2 N–H and O–H groups in total. The van der Waals surface area contributed by atoms with Gasteiger partial charge in [-0.2, -0.15) is 5.10 Å². The first kappa shape index (κ1) is 14.2. The van der Waals surface area contributed by atoms with Crippen molar-refractivity contribution >= 4 is 47.7 Å². The molecule has 19 heavy (non-hydrogen) atoms. The number of aromatic amines is 1. The minimum Gasteiger partial charge on any atom is -0.268 e. The second-order valence-corrected chi connectivity index (χ2v) is 6.91. The van der Waals surface area contributed by atoms with E-state index in [0.29, 0.717) is 8.95 Å². The fourth-order valence-electron chi connectivity index (χ4n) is 1.28. The fraction of sp³-hybridized carbons (Fsp3) is 0. The molecule has 0 saturated carbocycles. The summed E-state index contributed by atoms with van der Waals surface area (Å²) in [5, 5.41) is 5.73. The van der Waals surface area contributed by atoms with Crippen molar-refractivity contribution in [1.29, 1.82) is 0 Å². The minimum absolute atomic E-state index is 0.0338. The third-order valence-corrected chi connectivity index (χ3v) is 4.94. The number of nitrogens with zero attached hydrogens (tertiary/aromatic N) is 1. The third-order valence-electron chi connectivity index (χ3n) is 2.10. The maximum absolute atomic E-state index is 12.2. The monoisotopic (exact) mass is 407 g/mol. The van der Waals surface area contributed by atoms with Crippen LogP contribution in [0.25, 0.3) is 0 Å². The molecule has 0 aliphatic heterocycles. The van der Waals surface area contributed by atoms with Crippen LogP contribution in [0.4, 0.5) is 5.82 Å². The first-order valence-electron chi connectivity index (χ1n) is 4.92. The summed E-state index contributed by atoms with van der Waals surface area (Å²) in [5.41, 5.74) is -0.411. The zero-order valence-electron chi connectivity index (χ0n) is 9.22. The van der Waals surface area contributed by atoms with Crippen molar-refractivity contribution in [2.24, 2.45) is 0 Å². The van der Waals surface area contributed by atoms with Crippen LogP contribution in [0.3, 0.4) is 0 Å². The van der Waals surface area contributed by atoms with Gasteiger partial charge in [-0.3, -0.25) is 9.52 Å². The van der Waals surface area contributed by atoms with Crippen molar-refractivity contribution in [3.8, 4) is 0 Å². The van der Waals surface area contributed by atoms with E-state index >= 15 is 0 Å². The highest BCUT2D eigenvalue weighted by molar-refractivity contribution is 9.11. The van der Waals surface area contributed by atoms with Crippen LogP contribution >= 0.6 is 31.9 Å². The number of rotatable bonds is 3. The van der Waals surface area contributed by atoms with Crippen molar-refractivity contribution in [3.05, 3.63) is 49.6 Å². The van der Waals surface area contributed by atoms with Crippen LogP contribution in [0.1, 0.15) is 0 Å². The first-order valence-corrected chi connectivity index (χ1v) is 7.99. The topological polar surface area (TPSA) is 91.9 Å². The van der Waals surface area contributed by atoms with Gasteiger partial charge in [0.05, 0.1) is 0 Å². The molecule has 9 heteroatoms. The SMILES string of the molecule is O=c1ccc(NS(=O)(=O)c2cc(Br)ccc2Br)n[nH]1. The van der Waals surface area contributed by atoms with E-state index in [-0.39, 0.29) is 10.7 Å². The lowest BCUT2D eigenvalue weighted by atomic mass is 10.4. The Morgan fingerprint density at radius 2 is 1.89 bits per heavy atom. The van der Waals surface area contributed by atoms with Gasteiger partial charge in [-0.1, -0.05) is 15.9 Å². The molecule has 2 rings (SSSR count). The number of halogens is 2. The van der Waals surface area contributed by atoms with Crippen LogP contribution in [0.15, 0.2) is 49.0 Å². The van der Waals surface area contributed by atoms with E-state index in [1.807, 2.05) is 0 Å². The summed E-state index contributed by atoms with van der Waals surface area (Å²) < 4.78 is 27.7. The van der Waals surface area contributed by atoms with Crippen LogP contribution in [0, 0.1) is 0 Å². The van der Waals surface area contributed by atoms with Crippen LogP contribution in [-0.4, -0.2) is 18.6 Å². The molecule has 0 aliphatic rings. The van der Waals surface area contributed by atoms with E-state index in [1.54, 1.807) is 12.1 Å². The Labute approximate surface area is 125 Å². The van der Waals surface area contributed by atoms with Crippen LogP contribution in [0.5, 0.6) is 0 Å². The first-order chi connectivity index (χ1) is 8.88. The summed E-state index contributed by atoms with van der Waals surface area (Å²) in [7, 11) is -3.79. The molecule has 1 aromatic carbocycles. The molecule has 0 spiro atoms. The predicted molar refractivity (Wildman–Crippen MR) is 77.5 cm³/mol. The van der Waals surface area contributed by atoms with Crippen LogP contribution in [0.2, 0.25) is 0 Å². The lowest BCUT2D eigenvalue weighted by Gasteiger charge is -2.08. The molecule has 0 radical (unpaired) electrons. The lowest BCUT2D eigenvalue weighted by molar-refractivity contribution is 0.600. The summed E-state index contributed by atoms with van der Waals surface area (Å²) >= 11 is 6.38. The Kier molecular flexibility index (Phi) is 4.07. The maximum atomic E-state index is 12.2. The average Bonchev–Trinajstić information content (AvgIpc) is 2.35. The molecule has 100 valence electrons. The summed E-state index contributed by atoms with van der Waals surface area (Å²) in [6.45, 7) is 0. The zero-order chi connectivity index (χ0) is 14.0. The Morgan fingerprint density at radius 1 is 1.16 bits per heavy atom. The molecule has 6 nitrogen and oxygen atoms in total. The van der Waals surface area contributed by atoms with Gasteiger partial charge >= 0.3 is 0 Å². The molecule has 0 atom stereocenters. The number of H-pyrrole nitrogens is 1. The van der Waals surface area contributed by atoms with Crippen molar-refractivity contribution in [1.82, 2.24) is 10.2 Å². The molecule has 0 unspecified atom stereocenters. The Balaban J connectivity index is 2.40.